The van der Waals surface area contributed by atoms with Crippen molar-refractivity contribution in [1.29, 1.82) is 0 Å². The number of fused-ring (bicyclic) bond motifs is 2. The molecule has 3 heteroatoms. The molecule has 4 aliphatic rings. The Morgan fingerprint density at radius 2 is 2.00 bits per heavy atom. The van der Waals surface area contributed by atoms with Gasteiger partial charge in [-0.3, -0.25) is 4.90 Å². The van der Waals surface area contributed by atoms with Crippen molar-refractivity contribution in [3.8, 4) is 0 Å². The molecule has 4 aliphatic heterocycles. The Bertz CT molecular complexity index is 260. The van der Waals surface area contributed by atoms with Crippen LogP contribution in [0.3, 0.4) is 0 Å². The van der Waals surface area contributed by atoms with E-state index in [4.69, 9.17) is 0 Å². The van der Waals surface area contributed by atoms with Gasteiger partial charge >= 0.3 is 0 Å². The summed E-state index contributed by atoms with van der Waals surface area (Å²) < 4.78 is 0. The summed E-state index contributed by atoms with van der Waals surface area (Å²) in [5.41, 5.74) is 0. The lowest BCUT2D eigenvalue weighted by atomic mass is 9.73. The molecule has 17 heavy (non-hydrogen) atoms. The fraction of sp³-hybridized carbons (Fsp3) is 1.00. The van der Waals surface area contributed by atoms with Crippen molar-refractivity contribution in [2.24, 2.45) is 11.8 Å². The lowest BCUT2D eigenvalue weighted by molar-refractivity contribution is 0.00291. The normalized spacial score (nSPS) is 45.2. The molecule has 4 rings (SSSR count). The minimum atomic E-state index is 0.808. The van der Waals surface area contributed by atoms with Gasteiger partial charge in [0.1, 0.15) is 0 Å². The average molecular weight is 237 g/mol. The second-order valence-electron chi connectivity index (χ2n) is 6.18. The van der Waals surface area contributed by atoms with Gasteiger partial charge in [-0.2, -0.15) is 0 Å². The van der Waals surface area contributed by atoms with E-state index in [1.807, 2.05) is 0 Å². The van der Waals surface area contributed by atoms with Crippen LogP contribution < -0.4 is 5.32 Å². The molecule has 4 saturated heterocycles. The molecule has 3 atom stereocenters. The highest BCUT2D eigenvalue weighted by Gasteiger charge is 2.50. The smallest absolute Gasteiger partial charge is 0.0295 e. The van der Waals surface area contributed by atoms with Crippen molar-refractivity contribution in [2.75, 3.05) is 39.8 Å². The van der Waals surface area contributed by atoms with E-state index in [1.54, 1.807) is 0 Å². The zero-order chi connectivity index (χ0) is 11.8. The Labute approximate surface area is 106 Å². The Morgan fingerprint density at radius 3 is 2.71 bits per heavy atom. The Kier molecular flexibility index (Phi) is 3.42. The summed E-state index contributed by atoms with van der Waals surface area (Å²) >= 11 is 0. The van der Waals surface area contributed by atoms with Crippen LogP contribution in [0.1, 0.15) is 26.2 Å². The fourth-order valence-electron chi connectivity index (χ4n) is 4.53. The van der Waals surface area contributed by atoms with Gasteiger partial charge in [0.15, 0.2) is 0 Å². The summed E-state index contributed by atoms with van der Waals surface area (Å²) in [7, 11) is 2.34. The zero-order valence-electron chi connectivity index (χ0n) is 11.4. The molecule has 4 heterocycles. The number of hydrogen-bond acceptors (Lipinski definition) is 3. The van der Waals surface area contributed by atoms with Crippen molar-refractivity contribution in [1.82, 2.24) is 15.1 Å². The lowest BCUT2D eigenvalue weighted by Gasteiger charge is -2.49. The van der Waals surface area contributed by atoms with Gasteiger partial charge in [0.25, 0.3) is 0 Å². The van der Waals surface area contributed by atoms with Gasteiger partial charge in [0.05, 0.1) is 0 Å². The van der Waals surface area contributed by atoms with Crippen LogP contribution in [-0.2, 0) is 0 Å². The number of piperidine rings is 3. The lowest BCUT2D eigenvalue weighted by Crippen LogP contribution is -2.57. The van der Waals surface area contributed by atoms with Gasteiger partial charge in [-0.15, -0.1) is 0 Å². The summed E-state index contributed by atoms with van der Waals surface area (Å²) in [6.45, 7) is 8.59. The molecular formula is C14H27N3. The number of rotatable bonds is 4. The summed E-state index contributed by atoms with van der Waals surface area (Å²) in [5.74, 6) is 2.02. The van der Waals surface area contributed by atoms with Crippen molar-refractivity contribution >= 4 is 0 Å². The molecule has 0 radical (unpaired) electrons. The number of nitrogens with one attached hydrogen (secondary N) is 1. The first-order valence-electron chi connectivity index (χ1n) is 7.46. The largest absolute Gasteiger partial charge is 0.317 e. The number of nitrogens with zero attached hydrogens (tertiary/aromatic N) is 2. The van der Waals surface area contributed by atoms with Crippen LogP contribution in [0, 0.1) is 11.8 Å². The molecule has 3 nitrogen and oxygen atoms in total. The number of likely N-dealkylation sites (N-methyl/N-ethyl adjacent to an activating group) is 1. The predicted octanol–water partition coefficient (Wildman–Crippen LogP) is 1.01. The fourth-order valence-corrected chi connectivity index (χ4v) is 4.53. The van der Waals surface area contributed by atoms with E-state index in [2.05, 4.69) is 29.1 Å². The second-order valence-corrected chi connectivity index (χ2v) is 6.18. The van der Waals surface area contributed by atoms with Crippen LogP contribution in [0.4, 0.5) is 0 Å². The molecule has 0 aromatic heterocycles. The van der Waals surface area contributed by atoms with Crippen LogP contribution >= 0.6 is 0 Å². The van der Waals surface area contributed by atoms with Gasteiger partial charge in [-0.1, -0.05) is 6.92 Å². The summed E-state index contributed by atoms with van der Waals surface area (Å²) in [6.07, 6.45) is 4.26. The summed E-state index contributed by atoms with van der Waals surface area (Å²) in [4.78, 5) is 5.44. The Morgan fingerprint density at radius 1 is 1.24 bits per heavy atom. The first-order chi connectivity index (χ1) is 8.31. The molecule has 2 bridgehead atoms. The van der Waals surface area contributed by atoms with Crippen molar-refractivity contribution in [3.05, 3.63) is 0 Å². The van der Waals surface area contributed by atoms with Crippen LogP contribution in [0.15, 0.2) is 0 Å². The third-order valence-electron chi connectivity index (χ3n) is 5.37. The maximum absolute atomic E-state index is 3.49. The van der Waals surface area contributed by atoms with Crippen LogP contribution in [0.5, 0.6) is 0 Å². The van der Waals surface area contributed by atoms with Gasteiger partial charge in [-0.05, 0) is 64.3 Å². The topological polar surface area (TPSA) is 18.5 Å². The van der Waals surface area contributed by atoms with E-state index in [9.17, 15) is 0 Å². The maximum atomic E-state index is 3.49. The van der Waals surface area contributed by atoms with Crippen LogP contribution in [0.25, 0.3) is 0 Å². The van der Waals surface area contributed by atoms with Crippen molar-refractivity contribution < 1.29 is 0 Å². The van der Waals surface area contributed by atoms with Crippen LogP contribution in [-0.4, -0.2) is 61.7 Å². The van der Waals surface area contributed by atoms with E-state index in [0.717, 1.165) is 30.5 Å². The molecule has 0 aromatic carbocycles. The van der Waals surface area contributed by atoms with E-state index >= 15 is 0 Å². The van der Waals surface area contributed by atoms with E-state index < -0.39 is 0 Å². The Hall–Kier alpha value is -0.120. The van der Waals surface area contributed by atoms with Gasteiger partial charge in [0, 0.05) is 18.6 Å². The molecule has 0 spiro atoms. The maximum Gasteiger partial charge on any atom is 0.0295 e. The highest BCUT2D eigenvalue weighted by molar-refractivity contribution is 5.05. The highest BCUT2D eigenvalue weighted by Crippen LogP contribution is 2.44. The number of likely N-dealkylation sites (tertiary alicyclic amines) is 1. The van der Waals surface area contributed by atoms with Gasteiger partial charge < -0.3 is 10.2 Å². The second kappa shape index (κ2) is 4.87. The number of hydrogen-bond donors (Lipinski definition) is 1. The van der Waals surface area contributed by atoms with E-state index in [-0.39, 0.29) is 0 Å². The molecular weight excluding hydrogens is 210 g/mol. The van der Waals surface area contributed by atoms with Gasteiger partial charge in [-0.25, -0.2) is 0 Å². The molecule has 98 valence electrons. The molecule has 0 aromatic rings. The third kappa shape index (κ3) is 2.02. The first kappa shape index (κ1) is 11.9. The Balaban J connectivity index is 1.67. The van der Waals surface area contributed by atoms with Crippen LogP contribution in [0.2, 0.25) is 0 Å². The molecule has 1 N–H and O–H groups in total. The SMILES string of the molecule is CCNCCC1C2C(CN1C)C1CCN2CC1. The minimum absolute atomic E-state index is 0.808. The first-order valence-corrected chi connectivity index (χ1v) is 7.46. The third-order valence-corrected chi connectivity index (χ3v) is 5.37. The quantitative estimate of drug-likeness (QED) is 0.736. The molecule has 0 saturated carbocycles. The summed E-state index contributed by atoms with van der Waals surface area (Å²) in [5, 5.41) is 3.49. The molecule has 0 aliphatic carbocycles. The minimum Gasteiger partial charge on any atom is -0.317 e. The van der Waals surface area contributed by atoms with Gasteiger partial charge in [0.2, 0.25) is 0 Å². The van der Waals surface area contributed by atoms with E-state index in [1.165, 1.54) is 45.4 Å². The molecule has 4 fully saturated rings. The molecule has 0 amide bonds. The highest BCUT2D eigenvalue weighted by atomic mass is 15.3. The van der Waals surface area contributed by atoms with Crippen molar-refractivity contribution in [2.45, 2.75) is 38.3 Å². The predicted molar refractivity (Wildman–Crippen MR) is 71.2 cm³/mol. The molecule has 3 unspecified atom stereocenters. The zero-order valence-corrected chi connectivity index (χ0v) is 11.4. The summed E-state index contributed by atoms with van der Waals surface area (Å²) in [6, 6.07) is 1.69. The van der Waals surface area contributed by atoms with E-state index in [0.29, 0.717) is 0 Å². The monoisotopic (exact) mass is 237 g/mol. The van der Waals surface area contributed by atoms with Crippen molar-refractivity contribution in [3.63, 3.8) is 0 Å². The standard InChI is InChI=1S/C14H27N3/c1-3-15-7-4-13-14-12(10-16(13)2)11-5-8-17(14)9-6-11/h11-15H,3-10H2,1-2H3. The average Bonchev–Trinajstić information content (AvgIpc) is 2.70.